The quantitative estimate of drug-likeness (QED) is 0.299. The number of carboxylic acid groups (broad SMARTS) is 1. The van der Waals surface area contributed by atoms with Gasteiger partial charge in [-0.25, -0.2) is 4.79 Å². The zero-order valence-electron chi connectivity index (χ0n) is 23.0. The van der Waals surface area contributed by atoms with Gasteiger partial charge in [-0.2, -0.15) is 0 Å². The number of nitrogens with zero attached hydrogens (tertiary/aromatic N) is 2. The van der Waals surface area contributed by atoms with Gasteiger partial charge in [0.15, 0.2) is 0 Å². The summed E-state index contributed by atoms with van der Waals surface area (Å²) < 4.78 is 5.65. The minimum Gasteiger partial charge on any atom is -0.496 e. The third-order valence-electron chi connectivity index (χ3n) is 7.07. The molecule has 1 heterocycles. The van der Waals surface area contributed by atoms with Crippen LogP contribution in [0.2, 0.25) is 0 Å². The highest BCUT2D eigenvalue weighted by molar-refractivity contribution is 6.08. The lowest BCUT2D eigenvalue weighted by atomic mass is 10.00. The molecule has 1 aliphatic rings. The highest BCUT2D eigenvalue weighted by atomic mass is 35.5. The molecule has 4 rings (SSSR count). The molecule has 5 N–H and O–H groups in total. The predicted molar refractivity (Wildman–Crippen MR) is 159 cm³/mol. The number of likely N-dealkylation sites (N-methyl/N-ethyl adjacent to an activating group) is 1. The number of ether oxygens (including phenoxy) is 1. The fraction of sp³-hybridized carbons (Fsp3) is 0.310. The molecule has 3 aromatic carbocycles. The van der Waals surface area contributed by atoms with Crippen molar-refractivity contribution in [3.63, 3.8) is 0 Å². The first kappa shape index (κ1) is 31.3. The van der Waals surface area contributed by atoms with Crippen molar-refractivity contribution in [3.05, 3.63) is 65.7 Å². The fourth-order valence-corrected chi connectivity index (χ4v) is 4.80. The van der Waals surface area contributed by atoms with Crippen LogP contribution in [0.5, 0.6) is 5.75 Å². The van der Waals surface area contributed by atoms with Crippen LogP contribution in [-0.4, -0.2) is 68.1 Å². The molecule has 0 spiro atoms. The molecular formula is C29H34ClN5O6. The van der Waals surface area contributed by atoms with E-state index in [9.17, 15) is 24.3 Å². The normalized spacial score (nSPS) is 15.4. The number of benzene rings is 3. The largest absolute Gasteiger partial charge is 0.496 e. The summed E-state index contributed by atoms with van der Waals surface area (Å²) in [5.74, 6) is -1.61. The minimum absolute atomic E-state index is 0. The number of amides is 3. The smallest absolute Gasteiger partial charge is 0.335 e. The van der Waals surface area contributed by atoms with Crippen molar-refractivity contribution in [1.29, 1.82) is 0 Å². The van der Waals surface area contributed by atoms with Crippen molar-refractivity contribution < 1.29 is 29.0 Å². The minimum atomic E-state index is -1.05. The summed E-state index contributed by atoms with van der Waals surface area (Å²) in [5.41, 5.74) is 7.47. The summed E-state index contributed by atoms with van der Waals surface area (Å²) in [7, 11) is 3.16. The molecule has 3 aromatic rings. The second-order valence-corrected chi connectivity index (χ2v) is 9.52. The summed E-state index contributed by atoms with van der Waals surface area (Å²) in [6.07, 6.45) is 0.0686. The summed E-state index contributed by atoms with van der Waals surface area (Å²) in [6.45, 7) is 1.78. The van der Waals surface area contributed by atoms with E-state index >= 15 is 0 Å². The average Bonchev–Trinajstić information content (AvgIpc) is 3.07. The molecule has 1 aliphatic heterocycles. The van der Waals surface area contributed by atoms with E-state index in [2.05, 4.69) is 10.6 Å². The van der Waals surface area contributed by atoms with E-state index in [0.717, 1.165) is 0 Å². The molecule has 2 atom stereocenters. The number of para-hydroxylation sites is 2. The number of methoxy groups -OCH3 is 1. The number of halogens is 1. The number of carbonyl (C=O) groups is 4. The van der Waals surface area contributed by atoms with Gasteiger partial charge in [0.1, 0.15) is 11.8 Å². The summed E-state index contributed by atoms with van der Waals surface area (Å²) in [6, 6.07) is 13.7. The van der Waals surface area contributed by atoms with Gasteiger partial charge in [-0.1, -0.05) is 24.3 Å². The second kappa shape index (κ2) is 13.4. The topological polar surface area (TPSA) is 154 Å². The number of hydrogen-bond donors (Lipinski definition) is 4. The van der Waals surface area contributed by atoms with E-state index in [1.54, 1.807) is 62.5 Å². The van der Waals surface area contributed by atoms with E-state index in [4.69, 9.17) is 10.5 Å². The molecule has 11 nitrogen and oxygen atoms in total. The van der Waals surface area contributed by atoms with Gasteiger partial charge in [0, 0.05) is 18.5 Å². The summed E-state index contributed by atoms with van der Waals surface area (Å²) >= 11 is 0. The van der Waals surface area contributed by atoms with E-state index in [0.29, 0.717) is 33.5 Å². The Morgan fingerprint density at radius 1 is 1.12 bits per heavy atom. The van der Waals surface area contributed by atoms with Gasteiger partial charge < -0.3 is 36.0 Å². The predicted octanol–water partition coefficient (Wildman–Crippen LogP) is 2.29. The van der Waals surface area contributed by atoms with E-state index in [-0.39, 0.29) is 55.8 Å². The Balaban J connectivity index is 0.00000462. The zero-order chi connectivity index (χ0) is 29.0. The lowest BCUT2D eigenvalue weighted by molar-refractivity contribution is -0.128. The number of aromatic carboxylic acids is 1. The standard InChI is InChI=1S/C29H33N5O6.ClH/c1-17(31-2)27(36)32-22-16-33(26(35)12-13-30)23-6-4-5-7-24(23)34(28(22)37)15-21-20-10-8-19(29(38)39)14-18(20)9-11-25(21)40-3;/h4-11,14,17,22,31H,12-13,15-16,30H2,1-3H3,(H,32,36)(H,38,39);1H/t17-,22-;/m0./s1. The Kier molecular flexibility index (Phi) is 10.3. The van der Waals surface area contributed by atoms with Crippen LogP contribution in [0.3, 0.4) is 0 Å². The third kappa shape index (κ3) is 6.43. The number of nitrogens with two attached hydrogens (primary N) is 1. The van der Waals surface area contributed by atoms with Gasteiger partial charge in [-0.3, -0.25) is 14.4 Å². The Hall–Kier alpha value is -4.19. The van der Waals surface area contributed by atoms with Gasteiger partial charge >= 0.3 is 5.97 Å². The van der Waals surface area contributed by atoms with Crippen LogP contribution < -0.4 is 30.9 Å². The first-order valence-electron chi connectivity index (χ1n) is 12.9. The lowest BCUT2D eigenvalue weighted by Crippen LogP contribution is -2.55. The molecule has 0 fully saturated rings. The van der Waals surface area contributed by atoms with E-state index < -0.39 is 24.0 Å². The molecule has 0 aromatic heterocycles. The van der Waals surface area contributed by atoms with Gasteiger partial charge in [0.05, 0.1) is 43.2 Å². The van der Waals surface area contributed by atoms with Crippen molar-refractivity contribution in [2.45, 2.75) is 32.0 Å². The number of anilines is 2. The van der Waals surface area contributed by atoms with Crippen molar-refractivity contribution in [3.8, 4) is 5.75 Å². The van der Waals surface area contributed by atoms with E-state index in [1.807, 2.05) is 0 Å². The number of fused-ring (bicyclic) bond motifs is 2. The first-order chi connectivity index (χ1) is 19.2. The van der Waals surface area contributed by atoms with Gasteiger partial charge in [-0.05, 0) is 55.1 Å². The molecule has 0 radical (unpaired) electrons. The lowest BCUT2D eigenvalue weighted by Gasteiger charge is -2.27. The Morgan fingerprint density at radius 2 is 1.83 bits per heavy atom. The molecule has 0 bridgehead atoms. The molecule has 0 saturated heterocycles. The van der Waals surface area contributed by atoms with Crippen LogP contribution in [0, 0.1) is 0 Å². The maximum atomic E-state index is 14.2. The third-order valence-corrected chi connectivity index (χ3v) is 7.07. The molecule has 0 unspecified atom stereocenters. The summed E-state index contributed by atoms with van der Waals surface area (Å²) in [5, 5.41) is 16.5. The molecule has 3 amide bonds. The van der Waals surface area contributed by atoms with Crippen LogP contribution in [0.25, 0.3) is 10.8 Å². The van der Waals surface area contributed by atoms with Gasteiger partial charge in [0.25, 0.3) is 5.91 Å². The van der Waals surface area contributed by atoms with Crippen molar-refractivity contribution in [2.24, 2.45) is 5.73 Å². The Bertz CT molecular complexity index is 1460. The van der Waals surface area contributed by atoms with E-state index in [1.165, 1.54) is 23.0 Å². The average molecular weight is 584 g/mol. The maximum absolute atomic E-state index is 14.2. The molecular weight excluding hydrogens is 550 g/mol. The Morgan fingerprint density at radius 3 is 2.46 bits per heavy atom. The van der Waals surface area contributed by atoms with Crippen LogP contribution >= 0.6 is 12.4 Å². The first-order valence-corrected chi connectivity index (χ1v) is 12.9. The van der Waals surface area contributed by atoms with Crippen LogP contribution in [0.1, 0.15) is 29.3 Å². The van der Waals surface area contributed by atoms with Crippen molar-refractivity contribution >= 4 is 58.2 Å². The number of carboxylic acids is 1. The molecule has 41 heavy (non-hydrogen) atoms. The van der Waals surface area contributed by atoms with Crippen molar-refractivity contribution in [2.75, 3.05) is 37.0 Å². The number of rotatable bonds is 9. The highest BCUT2D eigenvalue weighted by Crippen LogP contribution is 2.37. The SMILES string of the molecule is CN[C@@H](C)C(=O)N[C@H]1CN(C(=O)CCN)c2ccccc2N(Cc2c(OC)ccc3cc(C(=O)O)ccc23)C1=O.Cl. The fourth-order valence-electron chi connectivity index (χ4n) is 4.80. The van der Waals surface area contributed by atoms with Gasteiger partial charge in [0.2, 0.25) is 11.8 Å². The number of hydrogen-bond acceptors (Lipinski definition) is 7. The van der Waals surface area contributed by atoms with Crippen LogP contribution in [0.4, 0.5) is 11.4 Å². The second-order valence-electron chi connectivity index (χ2n) is 9.52. The zero-order valence-corrected chi connectivity index (χ0v) is 23.9. The van der Waals surface area contributed by atoms with Crippen LogP contribution in [0.15, 0.2) is 54.6 Å². The number of nitrogens with one attached hydrogen (secondary N) is 2. The molecule has 218 valence electrons. The Labute approximate surface area is 244 Å². The molecule has 0 saturated carbocycles. The molecule has 12 heteroatoms. The molecule has 0 aliphatic carbocycles. The van der Waals surface area contributed by atoms with Crippen molar-refractivity contribution in [1.82, 2.24) is 10.6 Å². The van der Waals surface area contributed by atoms with Crippen LogP contribution in [-0.2, 0) is 20.9 Å². The highest BCUT2D eigenvalue weighted by Gasteiger charge is 2.37. The number of carbonyl (C=O) groups excluding carboxylic acids is 3. The summed E-state index contributed by atoms with van der Waals surface area (Å²) in [4.78, 5) is 54.8. The monoisotopic (exact) mass is 583 g/mol. The van der Waals surface area contributed by atoms with Gasteiger partial charge in [-0.15, -0.1) is 12.4 Å². The maximum Gasteiger partial charge on any atom is 0.335 e.